The molecule has 5 rings (SSSR count). The standard InChI is InChI=1S/C22H23N7O2/c1-31-19-8-16(14-29-21(19)17(9-23)13-26-29)15-2-3-20(25-12-15)27-4-6-28(7-5-27)22(30)18-10-24-11-18/h2-3,8,12-14,18,24H,4-7,10-11H2,1H3. The van der Waals surface area contributed by atoms with Crippen LogP contribution in [-0.4, -0.2) is 71.8 Å². The van der Waals surface area contributed by atoms with E-state index in [9.17, 15) is 10.1 Å². The lowest BCUT2D eigenvalue weighted by atomic mass is 10.0. The van der Waals surface area contributed by atoms with Crippen molar-refractivity contribution in [2.24, 2.45) is 5.92 Å². The van der Waals surface area contributed by atoms with Crippen LogP contribution < -0.4 is 15.0 Å². The second kappa shape index (κ2) is 7.89. The summed E-state index contributed by atoms with van der Waals surface area (Å²) in [4.78, 5) is 21.2. The number of carbonyl (C=O) groups excluding carboxylic acids is 1. The van der Waals surface area contributed by atoms with E-state index in [1.54, 1.807) is 11.6 Å². The van der Waals surface area contributed by atoms with Crippen LogP contribution in [0.15, 0.2) is 36.8 Å². The quantitative estimate of drug-likeness (QED) is 0.680. The molecule has 2 fully saturated rings. The zero-order valence-electron chi connectivity index (χ0n) is 17.3. The molecule has 0 bridgehead atoms. The van der Waals surface area contributed by atoms with Crippen molar-refractivity contribution < 1.29 is 9.53 Å². The van der Waals surface area contributed by atoms with Gasteiger partial charge in [0, 0.05) is 62.8 Å². The molecule has 3 aromatic rings. The first kappa shape index (κ1) is 19.3. The maximum Gasteiger partial charge on any atom is 0.228 e. The molecule has 3 aromatic heterocycles. The van der Waals surface area contributed by atoms with Gasteiger partial charge in [-0.1, -0.05) is 0 Å². The van der Waals surface area contributed by atoms with Crippen molar-refractivity contribution in [2.45, 2.75) is 0 Å². The summed E-state index contributed by atoms with van der Waals surface area (Å²) in [5, 5.41) is 16.7. The Morgan fingerprint density at radius 1 is 1.19 bits per heavy atom. The minimum atomic E-state index is 0.150. The van der Waals surface area contributed by atoms with E-state index in [4.69, 9.17) is 4.74 Å². The highest BCUT2D eigenvalue weighted by Crippen LogP contribution is 2.30. The van der Waals surface area contributed by atoms with Crippen LogP contribution in [0.5, 0.6) is 5.75 Å². The summed E-state index contributed by atoms with van der Waals surface area (Å²) < 4.78 is 7.15. The van der Waals surface area contributed by atoms with Crippen LogP contribution >= 0.6 is 0 Å². The molecule has 2 saturated heterocycles. The lowest BCUT2D eigenvalue weighted by Crippen LogP contribution is -2.56. The molecule has 1 N–H and O–H groups in total. The SMILES string of the molecule is COc1cc(-c2ccc(N3CCN(C(=O)C4CNC4)CC3)nc2)cn2ncc(C#N)c12. The first-order chi connectivity index (χ1) is 15.2. The van der Waals surface area contributed by atoms with E-state index in [1.165, 1.54) is 6.20 Å². The highest BCUT2D eigenvalue weighted by Gasteiger charge is 2.31. The van der Waals surface area contributed by atoms with Gasteiger partial charge in [-0.05, 0) is 18.2 Å². The van der Waals surface area contributed by atoms with Crippen LogP contribution in [-0.2, 0) is 4.79 Å². The van der Waals surface area contributed by atoms with Gasteiger partial charge in [0.1, 0.15) is 28.7 Å². The monoisotopic (exact) mass is 417 g/mol. The van der Waals surface area contributed by atoms with Crippen LogP contribution in [0.1, 0.15) is 5.56 Å². The average molecular weight is 417 g/mol. The van der Waals surface area contributed by atoms with E-state index < -0.39 is 0 Å². The minimum Gasteiger partial charge on any atom is -0.494 e. The van der Waals surface area contributed by atoms with Gasteiger partial charge in [-0.25, -0.2) is 9.50 Å². The average Bonchev–Trinajstić information content (AvgIpc) is 3.21. The molecular weight excluding hydrogens is 394 g/mol. The Kier molecular flexibility index (Phi) is 4.92. The van der Waals surface area contributed by atoms with Gasteiger partial charge in [0.15, 0.2) is 0 Å². The van der Waals surface area contributed by atoms with Crippen molar-refractivity contribution >= 4 is 17.2 Å². The van der Waals surface area contributed by atoms with Crippen molar-refractivity contribution in [3.63, 3.8) is 0 Å². The molecule has 0 radical (unpaired) electrons. The molecule has 0 aromatic carbocycles. The van der Waals surface area contributed by atoms with Crippen LogP contribution in [0.25, 0.3) is 16.6 Å². The molecule has 0 atom stereocenters. The van der Waals surface area contributed by atoms with Gasteiger partial charge in [-0.2, -0.15) is 10.4 Å². The summed E-state index contributed by atoms with van der Waals surface area (Å²) in [5.74, 6) is 1.92. The highest BCUT2D eigenvalue weighted by atomic mass is 16.5. The van der Waals surface area contributed by atoms with Crippen LogP contribution in [0.2, 0.25) is 0 Å². The molecule has 0 aliphatic carbocycles. The van der Waals surface area contributed by atoms with E-state index >= 15 is 0 Å². The Morgan fingerprint density at radius 2 is 2.00 bits per heavy atom. The number of amides is 1. The van der Waals surface area contributed by atoms with Crippen molar-refractivity contribution in [2.75, 3.05) is 51.3 Å². The fourth-order valence-electron chi connectivity index (χ4n) is 4.10. The Balaban J connectivity index is 1.31. The molecule has 31 heavy (non-hydrogen) atoms. The highest BCUT2D eigenvalue weighted by molar-refractivity contribution is 5.80. The predicted octanol–water partition coefficient (Wildman–Crippen LogP) is 1.14. The summed E-state index contributed by atoms with van der Waals surface area (Å²) in [7, 11) is 1.58. The van der Waals surface area contributed by atoms with Gasteiger partial charge in [0.25, 0.3) is 0 Å². The fraction of sp³-hybridized carbons (Fsp3) is 0.364. The number of hydrogen-bond donors (Lipinski definition) is 1. The van der Waals surface area contributed by atoms with E-state index in [0.29, 0.717) is 16.8 Å². The Morgan fingerprint density at radius 3 is 2.61 bits per heavy atom. The Bertz CT molecular complexity index is 1150. The summed E-state index contributed by atoms with van der Waals surface area (Å²) >= 11 is 0. The molecule has 9 heteroatoms. The van der Waals surface area contributed by atoms with Gasteiger partial charge < -0.3 is 19.9 Å². The zero-order chi connectivity index (χ0) is 21.4. The number of aromatic nitrogens is 3. The number of hydrogen-bond acceptors (Lipinski definition) is 7. The largest absolute Gasteiger partial charge is 0.494 e. The zero-order valence-corrected chi connectivity index (χ0v) is 17.3. The number of fused-ring (bicyclic) bond motifs is 1. The number of rotatable bonds is 4. The van der Waals surface area contributed by atoms with Crippen molar-refractivity contribution in [3.05, 3.63) is 42.4 Å². The molecule has 9 nitrogen and oxygen atoms in total. The number of carbonyl (C=O) groups is 1. The van der Waals surface area contributed by atoms with E-state index in [1.807, 2.05) is 35.5 Å². The first-order valence-electron chi connectivity index (χ1n) is 10.3. The minimum absolute atomic E-state index is 0.150. The molecule has 0 saturated carbocycles. The normalized spacial score (nSPS) is 16.8. The third-order valence-electron chi connectivity index (χ3n) is 6.04. The molecule has 1 amide bonds. The van der Waals surface area contributed by atoms with Gasteiger partial charge >= 0.3 is 0 Å². The van der Waals surface area contributed by atoms with Crippen molar-refractivity contribution in [1.29, 1.82) is 5.26 Å². The maximum absolute atomic E-state index is 12.4. The lowest BCUT2D eigenvalue weighted by Gasteiger charge is -2.38. The summed E-state index contributed by atoms with van der Waals surface area (Å²) in [6.45, 7) is 4.62. The Labute approximate surface area is 179 Å². The second-order valence-electron chi connectivity index (χ2n) is 7.83. The lowest BCUT2D eigenvalue weighted by molar-refractivity contribution is -0.137. The van der Waals surface area contributed by atoms with E-state index in [-0.39, 0.29) is 11.8 Å². The fourth-order valence-corrected chi connectivity index (χ4v) is 4.10. The van der Waals surface area contributed by atoms with Crippen LogP contribution in [0.4, 0.5) is 5.82 Å². The molecule has 0 unspecified atom stereocenters. The first-order valence-corrected chi connectivity index (χ1v) is 10.3. The molecular formula is C22H23N7O2. The summed E-state index contributed by atoms with van der Waals surface area (Å²) in [5.41, 5.74) is 2.97. The van der Waals surface area contributed by atoms with Gasteiger partial charge in [-0.3, -0.25) is 4.79 Å². The summed E-state index contributed by atoms with van der Waals surface area (Å²) in [6.07, 6.45) is 5.24. The maximum atomic E-state index is 12.4. The molecule has 5 heterocycles. The number of nitriles is 1. The summed E-state index contributed by atoms with van der Waals surface area (Å²) in [6, 6.07) is 8.06. The van der Waals surface area contributed by atoms with Gasteiger partial charge in [0.05, 0.1) is 19.2 Å². The number of nitrogens with zero attached hydrogens (tertiary/aromatic N) is 6. The topological polar surface area (TPSA) is 98.8 Å². The van der Waals surface area contributed by atoms with E-state index in [2.05, 4.69) is 26.4 Å². The third kappa shape index (κ3) is 3.45. The number of methoxy groups -OCH3 is 1. The van der Waals surface area contributed by atoms with Gasteiger partial charge in [-0.15, -0.1) is 0 Å². The third-order valence-corrected chi connectivity index (χ3v) is 6.04. The Hall–Kier alpha value is -3.64. The molecule has 0 spiro atoms. The number of nitrogens with one attached hydrogen (secondary N) is 1. The number of pyridine rings is 2. The van der Waals surface area contributed by atoms with Gasteiger partial charge in [0.2, 0.25) is 5.91 Å². The van der Waals surface area contributed by atoms with Crippen molar-refractivity contribution in [3.8, 4) is 22.9 Å². The number of anilines is 1. The second-order valence-corrected chi connectivity index (χ2v) is 7.83. The molecule has 2 aliphatic heterocycles. The smallest absolute Gasteiger partial charge is 0.228 e. The molecule has 158 valence electrons. The van der Waals surface area contributed by atoms with Crippen molar-refractivity contribution in [1.82, 2.24) is 24.8 Å². The molecule has 2 aliphatic rings. The van der Waals surface area contributed by atoms with Crippen LogP contribution in [0, 0.1) is 17.2 Å². The predicted molar refractivity (Wildman–Crippen MR) is 115 cm³/mol. The number of piperazine rings is 1. The number of ether oxygens (including phenoxy) is 1. The van der Waals surface area contributed by atoms with E-state index in [0.717, 1.165) is 56.2 Å². The van der Waals surface area contributed by atoms with Crippen LogP contribution in [0.3, 0.4) is 0 Å².